The number of carbonyl (C=O) groups is 1. The van der Waals surface area contributed by atoms with E-state index in [0.717, 1.165) is 23.3 Å². The van der Waals surface area contributed by atoms with Crippen molar-refractivity contribution in [2.45, 2.75) is 32.9 Å². The van der Waals surface area contributed by atoms with Crippen molar-refractivity contribution in [1.82, 2.24) is 14.7 Å². The predicted molar refractivity (Wildman–Crippen MR) is 88.2 cm³/mol. The zero-order valence-corrected chi connectivity index (χ0v) is 13.9. The number of rotatable bonds is 4. The average Bonchev–Trinajstić information content (AvgIpc) is 3.02. The van der Waals surface area contributed by atoms with Gasteiger partial charge in [0, 0.05) is 31.4 Å². The van der Waals surface area contributed by atoms with Crippen molar-refractivity contribution in [3.63, 3.8) is 0 Å². The molecule has 122 valence electrons. The molecule has 1 aromatic carbocycles. The fourth-order valence-electron chi connectivity index (χ4n) is 2.89. The fourth-order valence-corrected chi connectivity index (χ4v) is 2.89. The molecule has 1 aliphatic rings. The molecule has 1 atom stereocenters. The van der Waals surface area contributed by atoms with Crippen LogP contribution >= 0.6 is 0 Å². The van der Waals surface area contributed by atoms with Crippen molar-refractivity contribution in [3.05, 3.63) is 47.8 Å². The van der Waals surface area contributed by atoms with Crippen LogP contribution in [0.1, 0.15) is 31.0 Å². The maximum atomic E-state index is 12.7. The van der Waals surface area contributed by atoms with Crippen LogP contribution in [0.5, 0.6) is 5.75 Å². The second-order valence-corrected chi connectivity index (χ2v) is 6.44. The van der Waals surface area contributed by atoms with E-state index < -0.39 is 0 Å². The molecule has 0 fully saturated rings. The summed E-state index contributed by atoms with van der Waals surface area (Å²) in [4.78, 5) is 14.4. The molecular formula is C18H23N3O2. The van der Waals surface area contributed by atoms with Crippen molar-refractivity contribution in [3.8, 4) is 5.75 Å². The van der Waals surface area contributed by atoms with Gasteiger partial charge in [0.15, 0.2) is 0 Å². The third-order valence-corrected chi connectivity index (χ3v) is 4.21. The topological polar surface area (TPSA) is 47.4 Å². The summed E-state index contributed by atoms with van der Waals surface area (Å²) < 4.78 is 7.64. The maximum absolute atomic E-state index is 12.7. The zero-order valence-electron chi connectivity index (χ0n) is 13.9. The largest absolute Gasteiger partial charge is 0.492 e. The molecule has 0 radical (unpaired) electrons. The molecule has 0 spiro atoms. The van der Waals surface area contributed by atoms with Crippen LogP contribution in [0.4, 0.5) is 0 Å². The number of para-hydroxylation sites is 1. The summed E-state index contributed by atoms with van der Waals surface area (Å²) in [5, 5.41) is 4.32. The Bertz CT molecular complexity index is 693. The highest BCUT2D eigenvalue weighted by molar-refractivity contribution is 5.79. The highest BCUT2D eigenvalue weighted by Gasteiger charge is 2.28. The summed E-state index contributed by atoms with van der Waals surface area (Å²) in [5.41, 5.74) is 2.16. The quantitative estimate of drug-likeness (QED) is 0.872. The summed E-state index contributed by atoms with van der Waals surface area (Å²) in [5.74, 6) is 0.907. The smallest absolute Gasteiger partial charge is 0.229 e. The Morgan fingerprint density at radius 3 is 2.96 bits per heavy atom. The number of amides is 1. The first-order chi connectivity index (χ1) is 11.0. The first-order valence-electron chi connectivity index (χ1n) is 8.03. The number of aromatic nitrogens is 2. The Labute approximate surface area is 136 Å². The number of ether oxygens (including phenoxy) is 1. The van der Waals surface area contributed by atoms with Gasteiger partial charge in [0.2, 0.25) is 5.91 Å². The lowest BCUT2D eigenvalue weighted by molar-refractivity contribution is -0.136. The van der Waals surface area contributed by atoms with Gasteiger partial charge in [-0.2, -0.15) is 5.10 Å². The molecule has 1 aliphatic heterocycles. The molecule has 1 amide bonds. The van der Waals surface area contributed by atoms with E-state index >= 15 is 0 Å². The molecule has 2 aromatic rings. The summed E-state index contributed by atoms with van der Waals surface area (Å²) >= 11 is 0. The van der Waals surface area contributed by atoms with Gasteiger partial charge in [0.25, 0.3) is 0 Å². The normalized spacial score (nSPS) is 16.8. The Morgan fingerprint density at radius 1 is 1.43 bits per heavy atom. The lowest BCUT2D eigenvalue weighted by atomic mass is 9.95. The monoisotopic (exact) mass is 313 g/mol. The average molecular weight is 313 g/mol. The molecule has 0 aliphatic carbocycles. The molecule has 1 aromatic heterocycles. The molecule has 1 unspecified atom stereocenters. The number of carbonyl (C=O) groups excluding carboxylic acids is 1. The van der Waals surface area contributed by atoms with Crippen LogP contribution in [0.2, 0.25) is 0 Å². The summed E-state index contributed by atoms with van der Waals surface area (Å²) in [6, 6.07) is 8.26. The molecule has 2 heterocycles. The van der Waals surface area contributed by atoms with E-state index in [1.165, 1.54) is 0 Å². The highest BCUT2D eigenvalue weighted by atomic mass is 16.5. The second-order valence-electron chi connectivity index (χ2n) is 6.44. The standard InChI is InChI=1S/C18H23N3O2/c1-13(2)21-11-14(9-19-21)10-20(3)18(22)16-8-15-6-4-5-7-17(15)23-12-16/h4-7,9,11,13,16H,8,10,12H2,1-3H3. The summed E-state index contributed by atoms with van der Waals surface area (Å²) in [6.45, 7) is 5.19. The van der Waals surface area contributed by atoms with Gasteiger partial charge in [-0.25, -0.2) is 0 Å². The van der Waals surface area contributed by atoms with Crippen molar-refractivity contribution in [1.29, 1.82) is 0 Å². The number of fused-ring (bicyclic) bond motifs is 1. The van der Waals surface area contributed by atoms with E-state index in [0.29, 0.717) is 19.2 Å². The SMILES string of the molecule is CC(C)n1cc(CN(C)C(=O)C2COc3ccccc3C2)cn1. The molecular weight excluding hydrogens is 290 g/mol. The van der Waals surface area contributed by atoms with Gasteiger partial charge in [-0.1, -0.05) is 18.2 Å². The van der Waals surface area contributed by atoms with Crippen molar-refractivity contribution in [2.75, 3.05) is 13.7 Å². The van der Waals surface area contributed by atoms with E-state index in [9.17, 15) is 4.79 Å². The van der Waals surface area contributed by atoms with Gasteiger partial charge in [0.1, 0.15) is 12.4 Å². The van der Waals surface area contributed by atoms with Gasteiger partial charge in [-0.3, -0.25) is 9.48 Å². The van der Waals surface area contributed by atoms with E-state index in [2.05, 4.69) is 18.9 Å². The van der Waals surface area contributed by atoms with Crippen LogP contribution in [0.3, 0.4) is 0 Å². The Morgan fingerprint density at radius 2 is 2.22 bits per heavy atom. The second kappa shape index (κ2) is 6.44. The Kier molecular flexibility index (Phi) is 4.37. The molecule has 3 rings (SSSR count). The minimum atomic E-state index is -0.116. The number of hydrogen-bond acceptors (Lipinski definition) is 3. The van der Waals surface area contributed by atoms with Gasteiger partial charge >= 0.3 is 0 Å². The number of nitrogens with zero attached hydrogens (tertiary/aromatic N) is 3. The number of hydrogen-bond donors (Lipinski definition) is 0. The third-order valence-electron chi connectivity index (χ3n) is 4.21. The highest BCUT2D eigenvalue weighted by Crippen LogP contribution is 2.27. The van der Waals surface area contributed by atoms with Gasteiger partial charge in [0.05, 0.1) is 12.1 Å². The Balaban J connectivity index is 1.63. The van der Waals surface area contributed by atoms with Crippen LogP contribution in [0.15, 0.2) is 36.7 Å². The van der Waals surface area contributed by atoms with Crippen LogP contribution in [-0.4, -0.2) is 34.2 Å². The van der Waals surface area contributed by atoms with Crippen LogP contribution in [-0.2, 0) is 17.8 Å². The fraction of sp³-hybridized carbons (Fsp3) is 0.444. The third kappa shape index (κ3) is 3.38. The van der Waals surface area contributed by atoms with E-state index in [4.69, 9.17) is 4.74 Å². The van der Waals surface area contributed by atoms with Gasteiger partial charge in [-0.15, -0.1) is 0 Å². The Hall–Kier alpha value is -2.30. The molecule has 23 heavy (non-hydrogen) atoms. The first-order valence-corrected chi connectivity index (χ1v) is 8.03. The van der Waals surface area contributed by atoms with Gasteiger partial charge < -0.3 is 9.64 Å². The maximum Gasteiger partial charge on any atom is 0.229 e. The van der Waals surface area contributed by atoms with Crippen molar-refractivity contribution >= 4 is 5.91 Å². The predicted octanol–water partition coefficient (Wildman–Crippen LogP) is 2.67. The van der Waals surface area contributed by atoms with Crippen LogP contribution in [0, 0.1) is 5.92 Å². The number of benzene rings is 1. The first kappa shape index (κ1) is 15.6. The molecule has 0 N–H and O–H groups in total. The molecule has 0 bridgehead atoms. The molecule has 0 saturated carbocycles. The van der Waals surface area contributed by atoms with Crippen molar-refractivity contribution in [2.24, 2.45) is 5.92 Å². The minimum Gasteiger partial charge on any atom is -0.492 e. The summed E-state index contributed by atoms with van der Waals surface area (Å²) in [6.07, 6.45) is 4.57. The van der Waals surface area contributed by atoms with E-state index in [-0.39, 0.29) is 11.8 Å². The minimum absolute atomic E-state index is 0.116. The molecule has 0 saturated heterocycles. The van der Waals surface area contributed by atoms with E-state index in [1.807, 2.05) is 48.4 Å². The van der Waals surface area contributed by atoms with Crippen molar-refractivity contribution < 1.29 is 9.53 Å². The zero-order chi connectivity index (χ0) is 16.4. The van der Waals surface area contributed by atoms with E-state index in [1.54, 1.807) is 4.90 Å². The molecule has 5 heteroatoms. The van der Waals surface area contributed by atoms with Crippen LogP contribution < -0.4 is 4.74 Å². The lowest BCUT2D eigenvalue weighted by Gasteiger charge is -2.28. The summed E-state index contributed by atoms with van der Waals surface area (Å²) in [7, 11) is 1.84. The molecule has 5 nitrogen and oxygen atoms in total. The van der Waals surface area contributed by atoms with Gasteiger partial charge in [-0.05, 0) is 31.9 Å². The lowest BCUT2D eigenvalue weighted by Crippen LogP contribution is -2.38. The van der Waals surface area contributed by atoms with Crippen LogP contribution in [0.25, 0.3) is 0 Å².